The Kier molecular flexibility index (Phi) is 6.71. The van der Waals surface area contributed by atoms with E-state index in [0.717, 1.165) is 16.5 Å². The van der Waals surface area contributed by atoms with Crippen LogP contribution in [-0.2, 0) is 4.79 Å². The molecule has 1 atom stereocenters. The van der Waals surface area contributed by atoms with Crippen molar-refractivity contribution in [1.29, 1.82) is 0 Å². The third-order valence-corrected chi connectivity index (χ3v) is 4.73. The molecule has 0 aromatic heterocycles. The largest absolute Gasteiger partial charge is 0.493 e. The van der Waals surface area contributed by atoms with Crippen LogP contribution in [0.2, 0.25) is 0 Å². The van der Waals surface area contributed by atoms with Gasteiger partial charge in [0.1, 0.15) is 11.6 Å². The molecule has 3 aromatic carbocycles. The Morgan fingerprint density at radius 1 is 1.03 bits per heavy atom. The van der Waals surface area contributed by atoms with Gasteiger partial charge in [-0.25, -0.2) is 10.2 Å². The van der Waals surface area contributed by atoms with Crippen molar-refractivity contribution >= 4 is 34.6 Å². The summed E-state index contributed by atoms with van der Waals surface area (Å²) in [5.41, 5.74) is 3.42. The van der Waals surface area contributed by atoms with Gasteiger partial charge in [-0.3, -0.25) is 4.79 Å². The molecule has 0 heterocycles. The first-order valence-electron chi connectivity index (χ1n) is 9.51. The number of hydrazone groups is 1. The van der Waals surface area contributed by atoms with Gasteiger partial charge in [-0.15, -0.1) is 0 Å². The van der Waals surface area contributed by atoms with Crippen molar-refractivity contribution in [2.24, 2.45) is 5.10 Å². The molecular formula is C23H23N3O5. The maximum absolute atomic E-state index is 12.5. The molecule has 1 amide bonds. The molecule has 0 aliphatic carbocycles. The molecule has 8 nitrogen and oxygen atoms in total. The summed E-state index contributed by atoms with van der Waals surface area (Å²) in [5.74, 6) is -1.21. The number of carboxylic acids is 1. The lowest BCUT2D eigenvalue weighted by Gasteiger charge is -2.15. The minimum atomic E-state index is -1.20. The quantitative estimate of drug-likeness (QED) is 0.379. The van der Waals surface area contributed by atoms with E-state index >= 15 is 0 Å². The number of amides is 1. The molecule has 0 fully saturated rings. The Bertz CT molecular complexity index is 1140. The SMILES string of the molecule is COc1ccc(C=NNC(=O)[C@@H](C)Nc2cccc3ccccc23)c(C(=O)O)c1OC. The van der Waals surface area contributed by atoms with E-state index in [0.29, 0.717) is 0 Å². The molecule has 3 rings (SSSR count). The predicted molar refractivity (Wildman–Crippen MR) is 119 cm³/mol. The fraction of sp³-hybridized carbons (Fsp3) is 0.174. The van der Waals surface area contributed by atoms with Crippen LogP contribution in [0.5, 0.6) is 11.5 Å². The molecule has 0 aliphatic heterocycles. The summed E-state index contributed by atoms with van der Waals surface area (Å²) in [6.07, 6.45) is 1.26. The Hall–Kier alpha value is -4.07. The number of carbonyl (C=O) groups is 2. The molecule has 0 saturated heterocycles. The lowest BCUT2D eigenvalue weighted by molar-refractivity contribution is -0.121. The maximum Gasteiger partial charge on any atom is 0.340 e. The summed E-state index contributed by atoms with van der Waals surface area (Å²) in [5, 5.41) is 18.7. The average molecular weight is 421 g/mol. The van der Waals surface area contributed by atoms with Crippen LogP contribution in [0, 0.1) is 0 Å². The Morgan fingerprint density at radius 3 is 2.48 bits per heavy atom. The minimum absolute atomic E-state index is 0.0799. The van der Waals surface area contributed by atoms with Crippen molar-refractivity contribution in [3.63, 3.8) is 0 Å². The van der Waals surface area contributed by atoms with Crippen LogP contribution in [0.25, 0.3) is 10.8 Å². The van der Waals surface area contributed by atoms with E-state index in [9.17, 15) is 14.7 Å². The van der Waals surface area contributed by atoms with E-state index in [1.807, 2.05) is 42.5 Å². The summed E-state index contributed by atoms with van der Waals surface area (Å²) in [6.45, 7) is 1.71. The van der Waals surface area contributed by atoms with Gasteiger partial charge >= 0.3 is 5.97 Å². The second kappa shape index (κ2) is 9.62. The van der Waals surface area contributed by atoms with Crippen molar-refractivity contribution in [2.75, 3.05) is 19.5 Å². The normalized spacial score (nSPS) is 11.8. The van der Waals surface area contributed by atoms with Crippen LogP contribution < -0.4 is 20.2 Å². The van der Waals surface area contributed by atoms with Crippen molar-refractivity contribution in [1.82, 2.24) is 5.43 Å². The monoisotopic (exact) mass is 421 g/mol. The van der Waals surface area contributed by atoms with Crippen LogP contribution in [0.3, 0.4) is 0 Å². The molecule has 0 radical (unpaired) electrons. The Labute approximate surface area is 179 Å². The zero-order valence-electron chi connectivity index (χ0n) is 17.4. The summed E-state index contributed by atoms with van der Waals surface area (Å²) >= 11 is 0. The molecule has 8 heteroatoms. The van der Waals surface area contributed by atoms with E-state index < -0.39 is 12.0 Å². The molecule has 0 spiro atoms. The van der Waals surface area contributed by atoms with Gasteiger partial charge in [-0.1, -0.05) is 36.4 Å². The van der Waals surface area contributed by atoms with Crippen LogP contribution in [-0.4, -0.2) is 43.5 Å². The smallest absolute Gasteiger partial charge is 0.340 e. The molecular weight excluding hydrogens is 398 g/mol. The Balaban J connectivity index is 1.74. The average Bonchev–Trinajstić information content (AvgIpc) is 2.78. The number of benzene rings is 3. The lowest BCUT2D eigenvalue weighted by Crippen LogP contribution is -2.35. The number of ether oxygens (including phenoxy) is 2. The van der Waals surface area contributed by atoms with E-state index in [-0.39, 0.29) is 28.5 Å². The maximum atomic E-state index is 12.5. The summed E-state index contributed by atoms with van der Waals surface area (Å²) in [7, 11) is 2.77. The van der Waals surface area contributed by atoms with Crippen molar-refractivity contribution < 1.29 is 24.2 Å². The highest BCUT2D eigenvalue weighted by Crippen LogP contribution is 2.32. The Morgan fingerprint density at radius 2 is 1.77 bits per heavy atom. The number of methoxy groups -OCH3 is 2. The number of fused-ring (bicyclic) bond motifs is 1. The number of aromatic carboxylic acids is 1. The third kappa shape index (κ3) is 4.75. The summed E-state index contributed by atoms with van der Waals surface area (Å²) < 4.78 is 10.3. The third-order valence-electron chi connectivity index (χ3n) is 4.73. The topological polar surface area (TPSA) is 109 Å². The van der Waals surface area contributed by atoms with Gasteiger partial charge in [0.05, 0.1) is 20.4 Å². The molecule has 0 unspecified atom stereocenters. The van der Waals surface area contributed by atoms with E-state index in [2.05, 4.69) is 15.8 Å². The molecule has 0 aliphatic rings. The molecule has 0 saturated carbocycles. The first-order chi connectivity index (χ1) is 15.0. The number of carbonyl (C=O) groups excluding carboxylic acids is 1. The number of carboxylic acid groups (broad SMARTS) is 1. The molecule has 3 aromatic rings. The second-order valence-corrected chi connectivity index (χ2v) is 6.70. The highest BCUT2D eigenvalue weighted by molar-refractivity contribution is 6.02. The summed E-state index contributed by atoms with van der Waals surface area (Å²) in [6, 6.07) is 16.2. The van der Waals surface area contributed by atoms with Gasteiger partial charge in [-0.05, 0) is 30.5 Å². The predicted octanol–water partition coefficient (Wildman–Crippen LogP) is 3.51. The number of anilines is 1. The molecule has 3 N–H and O–H groups in total. The minimum Gasteiger partial charge on any atom is -0.493 e. The number of nitrogens with zero attached hydrogens (tertiary/aromatic N) is 1. The van der Waals surface area contributed by atoms with Gasteiger partial charge < -0.3 is 19.9 Å². The zero-order chi connectivity index (χ0) is 22.4. The van der Waals surface area contributed by atoms with Gasteiger partial charge in [0, 0.05) is 16.6 Å². The standard InChI is InChI=1S/C23H23N3O5/c1-14(25-18-10-6-8-15-7-4-5-9-17(15)18)22(27)26-24-13-16-11-12-19(30-2)21(31-3)20(16)23(28)29/h4-14,25H,1-3H3,(H,26,27)(H,28,29)/t14-/m1/s1. The zero-order valence-corrected chi connectivity index (χ0v) is 17.4. The number of nitrogens with one attached hydrogen (secondary N) is 2. The van der Waals surface area contributed by atoms with E-state index in [4.69, 9.17) is 9.47 Å². The van der Waals surface area contributed by atoms with Gasteiger partial charge in [0.2, 0.25) is 0 Å². The van der Waals surface area contributed by atoms with Crippen molar-refractivity contribution in [3.8, 4) is 11.5 Å². The van der Waals surface area contributed by atoms with Crippen LogP contribution in [0.1, 0.15) is 22.8 Å². The van der Waals surface area contributed by atoms with Crippen LogP contribution in [0.15, 0.2) is 59.7 Å². The van der Waals surface area contributed by atoms with Crippen molar-refractivity contribution in [3.05, 3.63) is 65.7 Å². The van der Waals surface area contributed by atoms with E-state index in [1.165, 1.54) is 26.5 Å². The number of rotatable bonds is 8. The first kappa shape index (κ1) is 21.6. The number of hydrogen-bond acceptors (Lipinski definition) is 6. The highest BCUT2D eigenvalue weighted by atomic mass is 16.5. The summed E-state index contributed by atoms with van der Waals surface area (Å²) in [4.78, 5) is 24.2. The van der Waals surface area contributed by atoms with Crippen LogP contribution >= 0.6 is 0 Å². The van der Waals surface area contributed by atoms with Gasteiger partial charge in [0.25, 0.3) is 5.91 Å². The fourth-order valence-electron chi connectivity index (χ4n) is 3.18. The van der Waals surface area contributed by atoms with E-state index in [1.54, 1.807) is 13.0 Å². The van der Waals surface area contributed by atoms with Crippen LogP contribution in [0.4, 0.5) is 5.69 Å². The van der Waals surface area contributed by atoms with Gasteiger partial charge in [0.15, 0.2) is 11.5 Å². The number of hydrogen-bond donors (Lipinski definition) is 3. The van der Waals surface area contributed by atoms with Gasteiger partial charge in [-0.2, -0.15) is 5.10 Å². The lowest BCUT2D eigenvalue weighted by atomic mass is 10.1. The molecule has 160 valence electrons. The first-order valence-corrected chi connectivity index (χ1v) is 9.51. The second-order valence-electron chi connectivity index (χ2n) is 6.70. The molecule has 31 heavy (non-hydrogen) atoms. The highest BCUT2D eigenvalue weighted by Gasteiger charge is 2.20. The fourth-order valence-corrected chi connectivity index (χ4v) is 3.18. The molecule has 0 bridgehead atoms. The van der Waals surface area contributed by atoms with Crippen molar-refractivity contribution in [2.45, 2.75) is 13.0 Å².